The zero-order chi connectivity index (χ0) is 21.4. The summed E-state index contributed by atoms with van der Waals surface area (Å²) in [4.78, 5) is 41.0. The number of hydrogen-bond donors (Lipinski definition) is 2. The Bertz CT molecular complexity index is 1370. The largest absolute Gasteiger partial charge is 0.497 e. The van der Waals surface area contributed by atoms with Crippen molar-refractivity contribution in [2.45, 2.75) is 0 Å². The predicted molar refractivity (Wildman–Crippen MR) is 110 cm³/mol. The second kappa shape index (κ2) is 7.36. The fourth-order valence-corrected chi connectivity index (χ4v) is 3.24. The summed E-state index contributed by atoms with van der Waals surface area (Å²) in [6.45, 7) is 0. The first kappa shape index (κ1) is 19.2. The molecule has 0 aliphatic carbocycles. The van der Waals surface area contributed by atoms with E-state index in [0.29, 0.717) is 11.4 Å². The van der Waals surface area contributed by atoms with Crippen molar-refractivity contribution < 1.29 is 13.9 Å². The topological polar surface area (TPSA) is 98.1 Å². The molecule has 0 saturated carbocycles. The fourth-order valence-electron chi connectivity index (χ4n) is 3.24. The summed E-state index contributed by atoms with van der Waals surface area (Å²) in [5.41, 5.74) is -0.204. The molecule has 1 amide bonds. The maximum Gasteiger partial charge on any atom is 0.333 e. The number of nitrogens with zero attached hydrogens (tertiary/aromatic N) is 2. The normalized spacial score (nSPS) is 10.9. The van der Waals surface area contributed by atoms with Crippen LogP contribution in [0.4, 0.5) is 10.1 Å². The van der Waals surface area contributed by atoms with Crippen molar-refractivity contribution >= 4 is 22.6 Å². The van der Waals surface area contributed by atoms with Crippen molar-refractivity contribution in [3.63, 3.8) is 0 Å². The number of carbonyl (C=O) groups is 1. The van der Waals surface area contributed by atoms with Crippen molar-refractivity contribution in [3.05, 3.63) is 86.9 Å². The van der Waals surface area contributed by atoms with E-state index in [4.69, 9.17) is 4.74 Å². The average molecular weight is 408 g/mol. The van der Waals surface area contributed by atoms with Gasteiger partial charge in [0.2, 0.25) is 0 Å². The van der Waals surface area contributed by atoms with Gasteiger partial charge in [-0.3, -0.25) is 9.59 Å². The Morgan fingerprint density at radius 2 is 1.73 bits per heavy atom. The number of carbonyl (C=O) groups excluding carboxylic acids is 1. The van der Waals surface area contributed by atoms with E-state index < -0.39 is 23.0 Å². The van der Waals surface area contributed by atoms with Crippen LogP contribution in [0.1, 0.15) is 10.4 Å². The highest BCUT2D eigenvalue weighted by atomic mass is 19.1. The van der Waals surface area contributed by atoms with Crippen LogP contribution in [0.15, 0.2) is 64.3 Å². The van der Waals surface area contributed by atoms with Crippen LogP contribution in [-0.4, -0.2) is 27.1 Å². The van der Waals surface area contributed by atoms with Crippen molar-refractivity contribution in [2.75, 3.05) is 12.4 Å². The Morgan fingerprint density at radius 1 is 1.07 bits per heavy atom. The summed E-state index contributed by atoms with van der Waals surface area (Å²) in [6, 6.07) is 11.7. The number of fused-ring (bicyclic) bond motifs is 1. The molecule has 2 heterocycles. The second-order valence-corrected chi connectivity index (χ2v) is 6.61. The SMILES string of the molecule is COc1ccc(NC(=O)c2cn(C)c3c(=O)n(-c4ccc(F)cc4)c(=O)[nH]c23)cc1. The molecular weight excluding hydrogens is 391 g/mol. The number of rotatable bonds is 4. The van der Waals surface area contributed by atoms with Gasteiger partial charge in [0, 0.05) is 18.9 Å². The minimum atomic E-state index is -0.733. The summed E-state index contributed by atoms with van der Waals surface area (Å²) in [5, 5.41) is 2.73. The number of halogens is 1. The van der Waals surface area contributed by atoms with E-state index in [-0.39, 0.29) is 22.3 Å². The zero-order valence-electron chi connectivity index (χ0n) is 16.1. The minimum Gasteiger partial charge on any atom is -0.497 e. The van der Waals surface area contributed by atoms with Crippen LogP contribution in [0, 0.1) is 5.82 Å². The molecule has 152 valence electrons. The third-order valence-electron chi connectivity index (χ3n) is 4.70. The molecular formula is C21H17FN4O4. The molecule has 2 N–H and O–H groups in total. The number of nitrogens with one attached hydrogen (secondary N) is 2. The average Bonchev–Trinajstić information content (AvgIpc) is 3.06. The number of amides is 1. The van der Waals surface area contributed by atoms with Gasteiger partial charge in [-0.25, -0.2) is 13.8 Å². The lowest BCUT2D eigenvalue weighted by Crippen LogP contribution is -2.34. The lowest BCUT2D eigenvalue weighted by Gasteiger charge is -2.07. The Hall–Kier alpha value is -4.14. The molecule has 8 nitrogen and oxygen atoms in total. The number of H-pyrrole nitrogens is 1. The van der Waals surface area contributed by atoms with Gasteiger partial charge >= 0.3 is 5.69 Å². The molecule has 4 rings (SSSR count). The third kappa shape index (κ3) is 3.26. The molecule has 0 aliphatic rings. The summed E-state index contributed by atoms with van der Waals surface area (Å²) in [5.74, 6) is -0.329. The number of aromatic amines is 1. The fraction of sp³-hybridized carbons (Fsp3) is 0.0952. The van der Waals surface area contributed by atoms with Crippen LogP contribution >= 0.6 is 0 Å². The molecule has 0 saturated heterocycles. The predicted octanol–water partition coefficient (Wildman–Crippen LogP) is 2.42. The summed E-state index contributed by atoms with van der Waals surface area (Å²) >= 11 is 0. The Morgan fingerprint density at radius 3 is 2.37 bits per heavy atom. The van der Waals surface area contributed by atoms with E-state index in [0.717, 1.165) is 16.7 Å². The lowest BCUT2D eigenvalue weighted by atomic mass is 10.2. The molecule has 2 aromatic heterocycles. The van der Waals surface area contributed by atoms with Crippen LogP contribution in [0.5, 0.6) is 5.75 Å². The van der Waals surface area contributed by atoms with Crippen molar-refractivity contribution in [1.29, 1.82) is 0 Å². The van der Waals surface area contributed by atoms with Crippen molar-refractivity contribution in [2.24, 2.45) is 7.05 Å². The molecule has 0 fully saturated rings. The lowest BCUT2D eigenvalue weighted by molar-refractivity contribution is 0.102. The van der Waals surface area contributed by atoms with Gasteiger partial charge in [0.15, 0.2) is 0 Å². The Labute approximate surface area is 169 Å². The first-order chi connectivity index (χ1) is 14.4. The van der Waals surface area contributed by atoms with Gasteiger partial charge in [0.05, 0.1) is 23.9 Å². The van der Waals surface area contributed by atoms with Crippen molar-refractivity contribution in [1.82, 2.24) is 14.1 Å². The molecule has 2 aromatic carbocycles. The van der Waals surface area contributed by atoms with E-state index >= 15 is 0 Å². The molecule has 0 atom stereocenters. The zero-order valence-corrected chi connectivity index (χ0v) is 16.1. The number of aromatic nitrogens is 3. The molecule has 0 unspecified atom stereocenters. The molecule has 4 aromatic rings. The quantitative estimate of drug-likeness (QED) is 0.542. The van der Waals surface area contributed by atoms with E-state index in [1.807, 2.05) is 0 Å². The number of methoxy groups -OCH3 is 1. The molecule has 0 spiro atoms. The second-order valence-electron chi connectivity index (χ2n) is 6.61. The van der Waals surface area contributed by atoms with Gasteiger partial charge in [-0.2, -0.15) is 0 Å². The standard InChI is InChI=1S/C21H17FN4O4/c1-25-11-16(19(27)23-13-5-9-15(30-2)10-6-13)17-18(25)20(28)26(21(29)24-17)14-7-3-12(22)4-8-14/h3-11H,1-2H3,(H,23,27)(H,24,29). The van der Waals surface area contributed by atoms with Gasteiger partial charge in [-0.05, 0) is 48.5 Å². The van der Waals surface area contributed by atoms with Gasteiger partial charge < -0.3 is 19.6 Å². The highest BCUT2D eigenvalue weighted by Crippen LogP contribution is 2.19. The Kier molecular flexibility index (Phi) is 4.71. The third-order valence-corrected chi connectivity index (χ3v) is 4.70. The van der Waals surface area contributed by atoms with Crippen LogP contribution in [-0.2, 0) is 7.05 Å². The highest BCUT2D eigenvalue weighted by Gasteiger charge is 2.20. The smallest absolute Gasteiger partial charge is 0.333 e. The van der Waals surface area contributed by atoms with Crippen molar-refractivity contribution in [3.8, 4) is 11.4 Å². The minimum absolute atomic E-state index is 0.122. The number of benzene rings is 2. The molecule has 0 bridgehead atoms. The summed E-state index contributed by atoms with van der Waals surface area (Å²) in [7, 11) is 3.14. The highest BCUT2D eigenvalue weighted by molar-refractivity contribution is 6.11. The van der Waals surface area contributed by atoms with Crippen LogP contribution in [0.3, 0.4) is 0 Å². The number of anilines is 1. The maximum absolute atomic E-state index is 13.2. The molecule has 0 radical (unpaired) electrons. The van der Waals surface area contributed by atoms with Gasteiger partial charge in [0.25, 0.3) is 11.5 Å². The van der Waals surface area contributed by atoms with Crippen LogP contribution in [0.2, 0.25) is 0 Å². The molecule has 0 aliphatic heterocycles. The molecule has 30 heavy (non-hydrogen) atoms. The summed E-state index contributed by atoms with van der Waals surface area (Å²) in [6.07, 6.45) is 1.47. The van der Waals surface area contributed by atoms with Gasteiger partial charge in [-0.15, -0.1) is 0 Å². The van der Waals surface area contributed by atoms with Gasteiger partial charge in [0.1, 0.15) is 17.1 Å². The van der Waals surface area contributed by atoms with E-state index in [1.165, 1.54) is 22.9 Å². The van der Waals surface area contributed by atoms with Crippen LogP contribution in [0.25, 0.3) is 16.7 Å². The van der Waals surface area contributed by atoms with E-state index in [9.17, 15) is 18.8 Å². The first-order valence-electron chi connectivity index (χ1n) is 8.94. The molecule has 9 heteroatoms. The van der Waals surface area contributed by atoms with Crippen LogP contribution < -0.4 is 21.3 Å². The van der Waals surface area contributed by atoms with E-state index in [1.54, 1.807) is 38.4 Å². The number of hydrogen-bond acceptors (Lipinski definition) is 4. The van der Waals surface area contributed by atoms with E-state index in [2.05, 4.69) is 10.3 Å². The number of aryl methyl sites for hydroxylation is 1. The number of ether oxygens (including phenoxy) is 1. The summed E-state index contributed by atoms with van der Waals surface area (Å²) < 4.78 is 20.7. The maximum atomic E-state index is 13.2. The Balaban J connectivity index is 1.79. The first-order valence-corrected chi connectivity index (χ1v) is 8.94. The monoisotopic (exact) mass is 408 g/mol. The van der Waals surface area contributed by atoms with Gasteiger partial charge in [-0.1, -0.05) is 0 Å².